The Bertz CT molecular complexity index is 587. The predicted molar refractivity (Wildman–Crippen MR) is 121 cm³/mol. The number of amides is 1. The first kappa shape index (κ1) is 25.0. The minimum atomic E-state index is -0.0910. The van der Waals surface area contributed by atoms with Gasteiger partial charge in [0.05, 0.1) is 13.3 Å². The van der Waals surface area contributed by atoms with Gasteiger partial charge in [-0.2, -0.15) is 5.10 Å². The van der Waals surface area contributed by atoms with E-state index in [0.717, 1.165) is 12.8 Å². The van der Waals surface area contributed by atoms with Gasteiger partial charge in [0.1, 0.15) is 0 Å². The topological polar surface area (TPSA) is 70.9 Å². The van der Waals surface area contributed by atoms with Crippen LogP contribution in [0.25, 0.3) is 0 Å². The molecule has 1 rings (SSSR count). The van der Waals surface area contributed by atoms with E-state index in [4.69, 9.17) is 4.74 Å². The lowest BCUT2D eigenvalue weighted by molar-refractivity contribution is -0.121. The molecule has 0 aliphatic rings. The second kappa shape index (κ2) is 16.9. The molecule has 0 fully saturated rings. The number of phenols is 1. The molecule has 164 valence electrons. The molecule has 0 aliphatic carbocycles. The van der Waals surface area contributed by atoms with Crippen molar-refractivity contribution >= 4 is 12.1 Å². The normalized spacial score (nSPS) is 11.1. The highest BCUT2D eigenvalue weighted by molar-refractivity contribution is 5.86. The number of unbranched alkanes of at least 4 members (excludes halogenated alkanes) is 12. The minimum Gasteiger partial charge on any atom is -0.504 e. The largest absolute Gasteiger partial charge is 0.504 e. The molecule has 29 heavy (non-hydrogen) atoms. The molecule has 1 amide bonds. The SMILES string of the molecule is CCCCCCCCCCCCCCCC(=O)N/N=C/c1cccc(OC)c1O. The van der Waals surface area contributed by atoms with Crippen LogP contribution in [0.5, 0.6) is 11.5 Å². The van der Waals surface area contributed by atoms with Crippen LogP contribution in [0.1, 0.15) is 102 Å². The summed E-state index contributed by atoms with van der Waals surface area (Å²) in [5.74, 6) is 0.309. The number of carbonyl (C=O) groups is 1. The third-order valence-corrected chi connectivity index (χ3v) is 5.15. The van der Waals surface area contributed by atoms with Crippen molar-refractivity contribution < 1.29 is 14.6 Å². The number of aromatic hydroxyl groups is 1. The third kappa shape index (κ3) is 12.2. The Balaban J connectivity index is 1.98. The molecule has 1 aromatic rings. The van der Waals surface area contributed by atoms with Crippen LogP contribution in [-0.2, 0) is 4.79 Å². The summed E-state index contributed by atoms with van der Waals surface area (Å²) in [6.07, 6.45) is 18.7. The van der Waals surface area contributed by atoms with Crippen molar-refractivity contribution in [2.45, 2.75) is 96.8 Å². The summed E-state index contributed by atoms with van der Waals surface area (Å²) >= 11 is 0. The first-order valence-electron chi connectivity index (χ1n) is 11.4. The van der Waals surface area contributed by atoms with Crippen molar-refractivity contribution in [1.29, 1.82) is 0 Å². The van der Waals surface area contributed by atoms with Crippen LogP contribution >= 0.6 is 0 Å². The lowest BCUT2D eigenvalue weighted by Gasteiger charge is -2.05. The van der Waals surface area contributed by atoms with Crippen LogP contribution in [0.3, 0.4) is 0 Å². The van der Waals surface area contributed by atoms with E-state index in [0.29, 0.717) is 17.7 Å². The smallest absolute Gasteiger partial charge is 0.240 e. The Kier molecular flexibility index (Phi) is 14.5. The molecule has 0 atom stereocenters. The Morgan fingerprint density at radius 2 is 1.52 bits per heavy atom. The molecule has 1 aromatic carbocycles. The maximum absolute atomic E-state index is 11.8. The molecule has 2 N–H and O–H groups in total. The van der Waals surface area contributed by atoms with E-state index in [1.807, 2.05) is 0 Å². The minimum absolute atomic E-state index is 0.0180. The Labute approximate surface area is 176 Å². The molecule has 0 radical (unpaired) electrons. The molecule has 0 unspecified atom stereocenters. The second-order valence-electron chi connectivity index (χ2n) is 7.68. The summed E-state index contributed by atoms with van der Waals surface area (Å²) < 4.78 is 5.04. The number of nitrogens with zero attached hydrogens (tertiary/aromatic N) is 1. The molecule has 5 nitrogen and oxygen atoms in total. The van der Waals surface area contributed by atoms with Gasteiger partial charge < -0.3 is 9.84 Å². The Morgan fingerprint density at radius 3 is 2.07 bits per heavy atom. The molecule has 0 bridgehead atoms. The Morgan fingerprint density at radius 1 is 0.966 bits per heavy atom. The van der Waals surface area contributed by atoms with Crippen molar-refractivity contribution in [2.75, 3.05) is 7.11 Å². The molecule has 0 saturated heterocycles. The summed E-state index contributed by atoms with van der Waals surface area (Å²) in [5, 5.41) is 13.9. The molecule has 0 aromatic heterocycles. The molecular formula is C24H40N2O3. The number of rotatable bonds is 17. The summed E-state index contributed by atoms with van der Waals surface area (Å²) in [4.78, 5) is 11.8. The van der Waals surface area contributed by atoms with Gasteiger partial charge in [0.15, 0.2) is 11.5 Å². The number of hydrogen-bond donors (Lipinski definition) is 2. The van der Waals surface area contributed by atoms with Crippen LogP contribution in [0.4, 0.5) is 0 Å². The lowest BCUT2D eigenvalue weighted by atomic mass is 10.0. The lowest BCUT2D eigenvalue weighted by Crippen LogP contribution is -2.16. The predicted octanol–water partition coefficient (Wildman–Crippen LogP) is 6.33. The third-order valence-electron chi connectivity index (χ3n) is 5.15. The van der Waals surface area contributed by atoms with Crippen LogP contribution in [0, 0.1) is 0 Å². The first-order valence-corrected chi connectivity index (χ1v) is 11.4. The molecule has 0 heterocycles. The highest BCUT2D eigenvalue weighted by Crippen LogP contribution is 2.27. The van der Waals surface area contributed by atoms with Gasteiger partial charge >= 0.3 is 0 Å². The van der Waals surface area contributed by atoms with Crippen molar-refractivity contribution in [1.82, 2.24) is 5.43 Å². The average Bonchev–Trinajstić information content (AvgIpc) is 2.72. The van der Waals surface area contributed by atoms with Crippen LogP contribution in [0.2, 0.25) is 0 Å². The van der Waals surface area contributed by atoms with Gasteiger partial charge in [0.2, 0.25) is 5.91 Å². The molecule has 0 spiro atoms. The van der Waals surface area contributed by atoms with E-state index in [1.165, 1.54) is 84.0 Å². The number of hydrazone groups is 1. The zero-order valence-corrected chi connectivity index (χ0v) is 18.4. The number of hydrogen-bond acceptors (Lipinski definition) is 4. The molecular weight excluding hydrogens is 364 g/mol. The van der Waals surface area contributed by atoms with Crippen LogP contribution in [0.15, 0.2) is 23.3 Å². The number of benzene rings is 1. The average molecular weight is 405 g/mol. The number of nitrogens with one attached hydrogen (secondary N) is 1. The summed E-state index contributed by atoms with van der Waals surface area (Å²) in [6.45, 7) is 2.26. The maximum Gasteiger partial charge on any atom is 0.240 e. The van der Waals surface area contributed by atoms with E-state index < -0.39 is 0 Å². The number of ether oxygens (including phenoxy) is 1. The van der Waals surface area contributed by atoms with Gasteiger partial charge in [0.25, 0.3) is 0 Å². The van der Waals surface area contributed by atoms with Gasteiger partial charge in [-0.25, -0.2) is 5.43 Å². The fourth-order valence-corrected chi connectivity index (χ4v) is 3.34. The number of carbonyl (C=O) groups excluding carboxylic acids is 1. The van der Waals surface area contributed by atoms with Gasteiger partial charge in [-0.05, 0) is 18.6 Å². The highest BCUT2D eigenvalue weighted by atomic mass is 16.5. The van der Waals surface area contributed by atoms with Gasteiger partial charge in [-0.3, -0.25) is 4.79 Å². The van der Waals surface area contributed by atoms with Crippen LogP contribution in [-0.4, -0.2) is 24.3 Å². The molecule has 0 saturated carbocycles. The first-order chi connectivity index (χ1) is 14.2. The summed E-state index contributed by atoms with van der Waals surface area (Å²) in [5.41, 5.74) is 3.02. The number of phenolic OH excluding ortho intramolecular Hbond substituents is 1. The summed E-state index contributed by atoms with van der Waals surface area (Å²) in [6, 6.07) is 5.13. The van der Waals surface area contributed by atoms with Crippen molar-refractivity contribution in [2.24, 2.45) is 5.10 Å². The van der Waals surface area contributed by atoms with Crippen molar-refractivity contribution in [3.63, 3.8) is 0 Å². The Hall–Kier alpha value is -2.04. The molecule has 5 heteroatoms. The highest BCUT2D eigenvalue weighted by Gasteiger charge is 2.05. The monoisotopic (exact) mass is 404 g/mol. The zero-order valence-electron chi connectivity index (χ0n) is 18.4. The van der Waals surface area contributed by atoms with Gasteiger partial charge in [-0.15, -0.1) is 0 Å². The van der Waals surface area contributed by atoms with Gasteiger partial charge in [-0.1, -0.05) is 90.0 Å². The standard InChI is InChI=1S/C24H40N2O3/c1-3-4-5-6-7-8-9-10-11-12-13-14-15-19-23(27)26-25-20-21-17-16-18-22(29-2)24(21)28/h16-18,20,28H,3-15,19H2,1-2H3,(H,26,27)/b25-20+. The van der Waals surface area contributed by atoms with E-state index >= 15 is 0 Å². The van der Waals surface area contributed by atoms with E-state index in [-0.39, 0.29) is 11.7 Å². The summed E-state index contributed by atoms with van der Waals surface area (Å²) in [7, 11) is 1.49. The number of methoxy groups -OCH3 is 1. The quantitative estimate of drug-likeness (QED) is 0.181. The zero-order chi connectivity index (χ0) is 21.2. The van der Waals surface area contributed by atoms with Gasteiger partial charge in [0, 0.05) is 12.0 Å². The fourth-order valence-electron chi connectivity index (χ4n) is 3.34. The molecule has 0 aliphatic heterocycles. The fraction of sp³-hybridized carbons (Fsp3) is 0.667. The van der Waals surface area contributed by atoms with E-state index in [9.17, 15) is 9.90 Å². The van der Waals surface area contributed by atoms with Crippen molar-refractivity contribution in [3.05, 3.63) is 23.8 Å². The van der Waals surface area contributed by atoms with Crippen molar-refractivity contribution in [3.8, 4) is 11.5 Å². The van der Waals surface area contributed by atoms with E-state index in [1.54, 1.807) is 18.2 Å². The van der Waals surface area contributed by atoms with E-state index in [2.05, 4.69) is 17.5 Å². The second-order valence-corrected chi connectivity index (χ2v) is 7.68. The van der Waals surface area contributed by atoms with Crippen LogP contribution < -0.4 is 10.2 Å². The number of para-hydroxylation sites is 1. The maximum atomic E-state index is 11.8.